The Kier molecular flexibility index (Phi) is 3.22. The quantitative estimate of drug-likeness (QED) is 0.443. The first-order chi connectivity index (χ1) is 7.37. The molecule has 86 valence electrons. The highest BCUT2D eigenvalue weighted by Crippen LogP contribution is 2.28. The molecule has 0 aliphatic carbocycles. The van der Waals surface area contributed by atoms with Crippen LogP contribution in [0.25, 0.3) is 0 Å². The van der Waals surface area contributed by atoms with Crippen molar-refractivity contribution in [2.24, 2.45) is 0 Å². The molecule has 0 N–H and O–H groups in total. The monoisotopic (exact) mass is 224 g/mol. The lowest BCUT2D eigenvalue weighted by Gasteiger charge is -2.22. The van der Waals surface area contributed by atoms with Gasteiger partial charge in [0.2, 0.25) is 0 Å². The largest absolute Gasteiger partial charge is 0.459 e. The Hall–Kier alpha value is -1.98. The summed E-state index contributed by atoms with van der Waals surface area (Å²) in [5.74, 6) is 0. The van der Waals surface area contributed by atoms with Crippen LogP contribution in [0.2, 0.25) is 0 Å². The molecule has 0 saturated heterocycles. The zero-order valence-corrected chi connectivity index (χ0v) is 8.99. The molecule has 1 aromatic rings. The molecule has 0 aromatic heterocycles. The Labute approximate surface area is 92.2 Å². The summed E-state index contributed by atoms with van der Waals surface area (Å²) >= 11 is 0. The molecule has 6 heteroatoms. The summed E-state index contributed by atoms with van der Waals surface area (Å²) in [5.41, 5.74) is -0.567. The Morgan fingerprint density at radius 2 is 1.50 bits per heavy atom. The summed E-state index contributed by atoms with van der Waals surface area (Å²) < 4.78 is 0. The highest BCUT2D eigenvalue weighted by molar-refractivity contribution is 5.24. The molecule has 0 fully saturated rings. The number of nitro groups is 2. The number of benzene rings is 1. The van der Waals surface area contributed by atoms with Crippen molar-refractivity contribution in [1.82, 2.24) is 0 Å². The molecule has 0 aliphatic rings. The topological polar surface area (TPSA) is 86.3 Å². The van der Waals surface area contributed by atoms with Crippen LogP contribution in [-0.2, 0) is 5.41 Å². The second kappa shape index (κ2) is 4.26. The molecule has 1 rings (SSSR count). The molecule has 0 saturated carbocycles. The summed E-state index contributed by atoms with van der Waals surface area (Å²) in [6.45, 7) is 3.00. The van der Waals surface area contributed by atoms with Gasteiger partial charge < -0.3 is 0 Å². The summed E-state index contributed by atoms with van der Waals surface area (Å²) in [5, 5.41) is 21.4. The van der Waals surface area contributed by atoms with E-state index >= 15 is 0 Å². The molecule has 0 amide bonds. The molecular formula is C10H12N2O4. The van der Waals surface area contributed by atoms with E-state index in [0.717, 1.165) is 0 Å². The van der Waals surface area contributed by atoms with Gasteiger partial charge in [-0.1, -0.05) is 30.3 Å². The number of rotatable bonds is 4. The number of nitrogens with zero attached hydrogens (tertiary/aromatic N) is 2. The third kappa shape index (κ3) is 2.16. The van der Waals surface area contributed by atoms with Gasteiger partial charge in [-0.15, -0.1) is 0 Å². The maximum atomic E-state index is 10.7. The van der Waals surface area contributed by atoms with Crippen LogP contribution in [0.15, 0.2) is 30.3 Å². The van der Waals surface area contributed by atoms with E-state index in [-0.39, 0.29) is 0 Å². The van der Waals surface area contributed by atoms with Crippen LogP contribution >= 0.6 is 0 Å². The average Bonchev–Trinajstić information content (AvgIpc) is 2.17. The van der Waals surface area contributed by atoms with E-state index in [1.54, 1.807) is 30.3 Å². The molecular weight excluding hydrogens is 212 g/mol. The Balaban J connectivity index is 3.18. The highest BCUT2D eigenvalue weighted by Gasteiger charge is 2.50. The van der Waals surface area contributed by atoms with Gasteiger partial charge in [0.05, 0.1) is 9.85 Å². The fourth-order valence-electron chi connectivity index (χ4n) is 1.62. The first-order valence-electron chi connectivity index (χ1n) is 4.70. The SMILES string of the molecule is CC(C)(c1ccccc1)C([N+](=O)[O-])[N+](=O)[O-]. The van der Waals surface area contributed by atoms with Crippen molar-refractivity contribution in [3.05, 3.63) is 56.1 Å². The van der Waals surface area contributed by atoms with Gasteiger partial charge in [-0.05, 0) is 19.4 Å². The number of hydrogen-bond acceptors (Lipinski definition) is 4. The molecule has 0 atom stereocenters. The van der Waals surface area contributed by atoms with Crippen molar-refractivity contribution in [1.29, 1.82) is 0 Å². The summed E-state index contributed by atoms with van der Waals surface area (Å²) in [4.78, 5) is 19.7. The van der Waals surface area contributed by atoms with E-state index in [2.05, 4.69) is 0 Å². The molecule has 0 radical (unpaired) electrons. The van der Waals surface area contributed by atoms with Gasteiger partial charge in [-0.2, -0.15) is 0 Å². The molecule has 16 heavy (non-hydrogen) atoms. The minimum atomic E-state index is -1.84. The molecule has 6 nitrogen and oxygen atoms in total. The van der Waals surface area contributed by atoms with Crippen molar-refractivity contribution in [2.45, 2.75) is 25.4 Å². The Morgan fingerprint density at radius 3 is 1.88 bits per heavy atom. The summed E-state index contributed by atoms with van der Waals surface area (Å²) in [6, 6.07) is 8.47. The van der Waals surface area contributed by atoms with Gasteiger partial charge in [0.1, 0.15) is 5.41 Å². The van der Waals surface area contributed by atoms with Crippen LogP contribution < -0.4 is 0 Å². The van der Waals surface area contributed by atoms with E-state index in [1.807, 2.05) is 0 Å². The Morgan fingerprint density at radius 1 is 1.06 bits per heavy atom. The molecule has 0 spiro atoms. The van der Waals surface area contributed by atoms with Crippen LogP contribution in [-0.4, -0.2) is 16.0 Å². The van der Waals surface area contributed by atoms with Crippen LogP contribution in [0.3, 0.4) is 0 Å². The third-order valence-corrected chi connectivity index (χ3v) is 2.56. The van der Waals surface area contributed by atoms with Crippen LogP contribution in [0.5, 0.6) is 0 Å². The van der Waals surface area contributed by atoms with E-state index in [0.29, 0.717) is 5.56 Å². The van der Waals surface area contributed by atoms with Crippen molar-refractivity contribution in [2.75, 3.05) is 0 Å². The second-order valence-corrected chi connectivity index (χ2v) is 4.03. The lowest BCUT2D eigenvalue weighted by atomic mass is 9.82. The summed E-state index contributed by atoms with van der Waals surface area (Å²) in [6.07, 6.45) is -1.84. The van der Waals surface area contributed by atoms with Crippen molar-refractivity contribution in [3.8, 4) is 0 Å². The van der Waals surface area contributed by atoms with Crippen LogP contribution in [0.4, 0.5) is 0 Å². The van der Waals surface area contributed by atoms with E-state index in [1.165, 1.54) is 13.8 Å². The van der Waals surface area contributed by atoms with Gasteiger partial charge in [0.25, 0.3) is 0 Å². The number of hydrogen-bond donors (Lipinski definition) is 0. The molecule has 1 aromatic carbocycles. The fraction of sp³-hybridized carbons (Fsp3) is 0.400. The normalized spacial score (nSPS) is 11.4. The van der Waals surface area contributed by atoms with Gasteiger partial charge in [-0.3, -0.25) is 20.2 Å². The molecule has 0 aliphatic heterocycles. The lowest BCUT2D eigenvalue weighted by Crippen LogP contribution is -2.45. The third-order valence-electron chi connectivity index (χ3n) is 2.56. The standard InChI is InChI=1S/C10H12N2O4/c1-10(2,8-6-4-3-5-7-8)9(11(13)14)12(15)16/h3-7,9H,1-2H3. The first kappa shape index (κ1) is 12.1. The molecule has 0 heterocycles. The van der Waals surface area contributed by atoms with Crippen molar-refractivity contribution in [3.63, 3.8) is 0 Å². The Bertz CT molecular complexity index is 389. The van der Waals surface area contributed by atoms with E-state index in [9.17, 15) is 20.2 Å². The lowest BCUT2D eigenvalue weighted by molar-refractivity contribution is -0.753. The second-order valence-electron chi connectivity index (χ2n) is 4.03. The average molecular weight is 224 g/mol. The minimum Gasteiger partial charge on any atom is -0.259 e. The van der Waals surface area contributed by atoms with E-state index < -0.39 is 21.4 Å². The van der Waals surface area contributed by atoms with Crippen LogP contribution in [0, 0.1) is 20.2 Å². The summed E-state index contributed by atoms with van der Waals surface area (Å²) in [7, 11) is 0. The zero-order valence-electron chi connectivity index (χ0n) is 8.99. The zero-order chi connectivity index (χ0) is 12.3. The van der Waals surface area contributed by atoms with Gasteiger partial charge in [0.15, 0.2) is 0 Å². The van der Waals surface area contributed by atoms with Gasteiger partial charge in [0, 0.05) is 0 Å². The van der Waals surface area contributed by atoms with Gasteiger partial charge >= 0.3 is 6.17 Å². The molecule has 0 bridgehead atoms. The highest BCUT2D eigenvalue weighted by atomic mass is 16.7. The van der Waals surface area contributed by atoms with E-state index in [4.69, 9.17) is 0 Å². The van der Waals surface area contributed by atoms with Crippen molar-refractivity contribution < 1.29 is 9.85 Å². The van der Waals surface area contributed by atoms with Crippen LogP contribution in [0.1, 0.15) is 19.4 Å². The first-order valence-corrected chi connectivity index (χ1v) is 4.70. The molecule has 0 unspecified atom stereocenters. The minimum absolute atomic E-state index is 0.577. The van der Waals surface area contributed by atoms with Crippen molar-refractivity contribution >= 4 is 0 Å². The predicted octanol–water partition coefficient (Wildman–Crippen LogP) is 1.84. The predicted molar refractivity (Wildman–Crippen MR) is 57.2 cm³/mol. The smallest absolute Gasteiger partial charge is 0.259 e. The maximum Gasteiger partial charge on any atom is 0.459 e. The fourth-order valence-corrected chi connectivity index (χ4v) is 1.62. The van der Waals surface area contributed by atoms with Gasteiger partial charge in [-0.25, -0.2) is 0 Å². The maximum absolute atomic E-state index is 10.7.